The molecule has 1 aromatic rings. The molecule has 4 N–H and O–H groups in total. The van der Waals surface area contributed by atoms with Crippen LogP contribution >= 0.6 is 11.6 Å². The molecule has 1 fully saturated rings. The van der Waals surface area contributed by atoms with E-state index in [-0.39, 0.29) is 11.6 Å². The molecule has 0 spiro atoms. The fourth-order valence-corrected chi connectivity index (χ4v) is 3.37. The van der Waals surface area contributed by atoms with Crippen molar-refractivity contribution in [1.82, 2.24) is 9.88 Å². The number of hydrogen-bond acceptors (Lipinski definition) is 4. The lowest BCUT2D eigenvalue weighted by atomic mass is 9.73. The number of anilines is 1. The molecule has 0 bridgehead atoms. The first-order chi connectivity index (χ1) is 8.97. The molecule has 1 saturated carbocycles. The Balaban J connectivity index is 2.39. The van der Waals surface area contributed by atoms with Gasteiger partial charge in [-0.15, -0.1) is 0 Å². The van der Waals surface area contributed by atoms with Gasteiger partial charge in [-0.25, -0.2) is 4.98 Å². The molecule has 1 aliphatic carbocycles. The van der Waals surface area contributed by atoms with E-state index < -0.39 is 0 Å². The molecule has 0 aromatic carbocycles. The second-order valence-corrected chi connectivity index (χ2v) is 6.10. The van der Waals surface area contributed by atoms with E-state index in [1.165, 1.54) is 19.3 Å². The highest BCUT2D eigenvalue weighted by Crippen LogP contribution is 2.42. The van der Waals surface area contributed by atoms with E-state index in [0.29, 0.717) is 10.8 Å². The van der Waals surface area contributed by atoms with Crippen LogP contribution in [0.1, 0.15) is 43.7 Å². The lowest BCUT2D eigenvalue weighted by molar-refractivity contribution is 0.0715. The van der Waals surface area contributed by atoms with E-state index in [1.54, 1.807) is 6.20 Å². The van der Waals surface area contributed by atoms with Gasteiger partial charge in [0.1, 0.15) is 5.82 Å². The zero-order valence-corrected chi connectivity index (χ0v) is 12.5. The van der Waals surface area contributed by atoms with Gasteiger partial charge in [0.2, 0.25) is 0 Å². The summed E-state index contributed by atoms with van der Waals surface area (Å²) in [5, 5.41) is 0.587. The smallest absolute Gasteiger partial charge is 0.128 e. The Morgan fingerprint density at radius 3 is 2.53 bits per heavy atom. The van der Waals surface area contributed by atoms with Gasteiger partial charge in [0.25, 0.3) is 0 Å². The Morgan fingerprint density at radius 1 is 1.32 bits per heavy atom. The summed E-state index contributed by atoms with van der Waals surface area (Å²) in [5.41, 5.74) is 13.4. The molecule has 1 unspecified atom stereocenters. The molecule has 4 nitrogen and oxygen atoms in total. The van der Waals surface area contributed by atoms with Gasteiger partial charge >= 0.3 is 0 Å². The van der Waals surface area contributed by atoms with Crippen molar-refractivity contribution in [2.24, 2.45) is 5.73 Å². The number of aromatic nitrogens is 1. The van der Waals surface area contributed by atoms with Crippen LogP contribution in [0.3, 0.4) is 0 Å². The van der Waals surface area contributed by atoms with Gasteiger partial charge < -0.3 is 16.4 Å². The van der Waals surface area contributed by atoms with Crippen LogP contribution < -0.4 is 11.5 Å². The molecule has 19 heavy (non-hydrogen) atoms. The summed E-state index contributed by atoms with van der Waals surface area (Å²) < 4.78 is 0. The van der Waals surface area contributed by atoms with Gasteiger partial charge in [-0.1, -0.05) is 30.9 Å². The third kappa shape index (κ3) is 2.71. The third-order valence-corrected chi connectivity index (χ3v) is 4.65. The number of nitrogen functional groups attached to an aromatic ring is 1. The normalized spacial score (nSPS) is 20.5. The number of pyridine rings is 1. The first-order valence-corrected chi connectivity index (χ1v) is 7.19. The van der Waals surface area contributed by atoms with Crippen molar-refractivity contribution in [3.05, 3.63) is 22.8 Å². The molecule has 106 valence electrons. The number of nitrogens with two attached hydrogens (primary N) is 2. The molecule has 1 heterocycles. The molecule has 0 saturated heterocycles. The maximum Gasteiger partial charge on any atom is 0.128 e. The van der Waals surface area contributed by atoms with Crippen LogP contribution in [0, 0.1) is 0 Å². The Hall–Kier alpha value is -0.840. The lowest BCUT2D eigenvalue weighted by Crippen LogP contribution is -2.53. The summed E-state index contributed by atoms with van der Waals surface area (Å²) in [7, 11) is 4.19. The van der Waals surface area contributed by atoms with Crippen LogP contribution in [0.25, 0.3) is 0 Å². The van der Waals surface area contributed by atoms with E-state index in [0.717, 1.165) is 18.4 Å². The number of rotatable bonds is 3. The zero-order valence-electron chi connectivity index (χ0n) is 11.7. The first-order valence-electron chi connectivity index (χ1n) is 6.81. The maximum atomic E-state index is 6.56. The monoisotopic (exact) mass is 282 g/mol. The standard InChI is InChI=1S/C14H23ClN4/c1-19(2)14(6-4-3-5-7-14)12(16)11-8-10(15)9-18-13(11)17/h8-9,12H,3-7,16H2,1-2H3,(H2,17,18). The summed E-state index contributed by atoms with van der Waals surface area (Å²) in [6.07, 6.45) is 7.45. The fraction of sp³-hybridized carbons (Fsp3) is 0.643. The van der Waals surface area contributed by atoms with Crippen LogP contribution in [0.5, 0.6) is 0 Å². The molecule has 0 radical (unpaired) electrons. The highest BCUT2D eigenvalue weighted by molar-refractivity contribution is 6.30. The van der Waals surface area contributed by atoms with Crippen molar-refractivity contribution in [2.75, 3.05) is 19.8 Å². The van der Waals surface area contributed by atoms with E-state index in [9.17, 15) is 0 Å². The molecular weight excluding hydrogens is 260 g/mol. The quantitative estimate of drug-likeness (QED) is 0.894. The zero-order chi connectivity index (χ0) is 14.0. The predicted octanol–water partition coefficient (Wildman–Crippen LogP) is 2.58. The topological polar surface area (TPSA) is 68.2 Å². The molecule has 1 aromatic heterocycles. The Bertz CT molecular complexity index is 441. The van der Waals surface area contributed by atoms with Gasteiger partial charge in [0.15, 0.2) is 0 Å². The van der Waals surface area contributed by atoms with E-state index in [2.05, 4.69) is 24.0 Å². The van der Waals surface area contributed by atoms with Crippen molar-refractivity contribution in [2.45, 2.75) is 43.7 Å². The van der Waals surface area contributed by atoms with Crippen molar-refractivity contribution in [3.8, 4) is 0 Å². The Kier molecular flexibility index (Phi) is 4.33. The maximum absolute atomic E-state index is 6.56. The van der Waals surface area contributed by atoms with Crippen LogP contribution in [0.4, 0.5) is 5.82 Å². The van der Waals surface area contributed by atoms with E-state index in [4.69, 9.17) is 23.1 Å². The van der Waals surface area contributed by atoms with Crippen LogP contribution in [-0.4, -0.2) is 29.5 Å². The minimum atomic E-state index is -0.158. The minimum Gasteiger partial charge on any atom is -0.383 e. The molecule has 1 aliphatic rings. The second kappa shape index (κ2) is 5.65. The second-order valence-electron chi connectivity index (χ2n) is 5.66. The third-order valence-electron chi connectivity index (χ3n) is 4.44. The van der Waals surface area contributed by atoms with Crippen molar-refractivity contribution in [3.63, 3.8) is 0 Å². The first kappa shape index (κ1) is 14.6. The predicted molar refractivity (Wildman–Crippen MR) is 80.1 cm³/mol. The highest BCUT2D eigenvalue weighted by Gasteiger charge is 2.41. The number of likely N-dealkylation sites (N-methyl/N-ethyl adjacent to an activating group) is 1. The number of hydrogen-bond donors (Lipinski definition) is 2. The van der Waals surface area contributed by atoms with E-state index in [1.807, 2.05) is 6.07 Å². The summed E-state index contributed by atoms with van der Waals surface area (Å²) in [4.78, 5) is 6.38. The number of halogens is 1. The van der Waals surface area contributed by atoms with E-state index >= 15 is 0 Å². The lowest BCUT2D eigenvalue weighted by Gasteiger charge is -2.47. The molecule has 0 aliphatic heterocycles. The summed E-state index contributed by atoms with van der Waals surface area (Å²) in [6.45, 7) is 0. The van der Waals surface area contributed by atoms with Crippen molar-refractivity contribution < 1.29 is 0 Å². The molecule has 1 atom stereocenters. The summed E-state index contributed by atoms with van der Waals surface area (Å²) in [5.74, 6) is 0.490. The molecule has 2 rings (SSSR count). The SMILES string of the molecule is CN(C)C1(C(N)c2cc(Cl)cnc2N)CCCCC1. The fourth-order valence-electron chi connectivity index (χ4n) is 3.20. The van der Waals surface area contributed by atoms with Crippen molar-refractivity contribution in [1.29, 1.82) is 0 Å². The van der Waals surface area contributed by atoms with Crippen LogP contribution in [-0.2, 0) is 0 Å². The van der Waals surface area contributed by atoms with Crippen LogP contribution in [0.15, 0.2) is 12.3 Å². The summed E-state index contributed by atoms with van der Waals surface area (Å²) in [6, 6.07) is 1.70. The average molecular weight is 283 g/mol. The van der Waals surface area contributed by atoms with Crippen molar-refractivity contribution >= 4 is 17.4 Å². The largest absolute Gasteiger partial charge is 0.383 e. The van der Waals surface area contributed by atoms with Gasteiger partial charge in [0.05, 0.1) is 11.1 Å². The Morgan fingerprint density at radius 2 is 1.95 bits per heavy atom. The molecular formula is C14H23ClN4. The van der Waals surface area contributed by atoms with Gasteiger partial charge in [0, 0.05) is 17.3 Å². The molecule has 0 amide bonds. The van der Waals surface area contributed by atoms with Gasteiger partial charge in [-0.05, 0) is 33.0 Å². The van der Waals surface area contributed by atoms with Crippen LogP contribution in [0.2, 0.25) is 5.02 Å². The summed E-state index contributed by atoms with van der Waals surface area (Å²) >= 11 is 6.04. The Labute approximate surface area is 120 Å². The van der Waals surface area contributed by atoms with Gasteiger partial charge in [-0.3, -0.25) is 0 Å². The highest BCUT2D eigenvalue weighted by atomic mass is 35.5. The average Bonchev–Trinajstić information content (AvgIpc) is 2.41. The molecule has 5 heteroatoms. The number of nitrogens with zero attached hydrogens (tertiary/aromatic N) is 2. The van der Waals surface area contributed by atoms with Gasteiger partial charge in [-0.2, -0.15) is 0 Å². The minimum absolute atomic E-state index is 0.0429.